The summed E-state index contributed by atoms with van der Waals surface area (Å²) in [7, 11) is 0. The van der Waals surface area contributed by atoms with E-state index in [2.05, 4.69) is 26.5 Å². The van der Waals surface area contributed by atoms with Crippen molar-refractivity contribution in [1.29, 1.82) is 0 Å². The first kappa shape index (κ1) is 16.3. The molecule has 7 heteroatoms. The monoisotopic (exact) mass is 382 g/mol. The van der Waals surface area contributed by atoms with Gasteiger partial charge in [-0.05, 0) is 43.3 Å². The van der Waals surface area contributed by atoms with Crippen molar-refractivity contribution < 1.29 is 15.0 Å². The second-order valence-corrected chi connectivity index (χ2v) is 5.81. The first-order valence-corrected chi connectivity index (χ1v) is 7.37. The topological polar surface area (TPSA) is 81.9 Å². The number of nitrogens with one attached hydrogen (secondary N) is 1. The van der Waals surface area contributed by atoms with Gasteiger partial charge in [-0.15, -0.1) is 0 Å². The smallest absolute Gasteiger partial charge is 0.275 e. The van der Waals surface area contributed by atoms with Gasteiger partial charge >= 0.3 is 0 Å². The molecule has 0 aliphatic carbocycles. The molecule has 0 bridgehead atoms. The van der Waals surface area contributed by atoms with Crippen molar-refractivity contribution in [2.45, 2.75) is 6.92 Å². The van der Waals surface area contributed by atoms with Gasteiger partial charge < -0.3 is 10.2 Å². The van der Waals surface area contributed by atoms with Crippen molar-refractivity contribution in [2.75, 3.05) is 0 Å². The Morgan fingerprint density at radius 1 is 1.14 bits per heavy atom. The molecule has 5 nitrogen and oxygen atoms in total. The number of rotatable bonds is 3. The summed E-state index contributed by atoms with van der Waals surface area (Å²) in [6.07, 6.45) is 0. The Bertz CT molecular complexity index is 762. The number of aromatic hydroxyl groups is 2. The van der Waals surface area contributed by atoms with Crippen LogP contribution in [0.25, 0.3) is 0 Å². The number of hydrogen-bond acceptors (Lipinski definition) is 4. The van der Waals surface area contributed by atoms with Gasteiger partial charge in [0.2, 0.25) is 0 Å². The molecule has 0 saturated carbocycles. The van der Waals surface area contributed by atoms with E-state index in [0.717, 1.165) is 4.47 Å². The SMILES string of the molecule is C/C(=N\NC(=O)c1cc(Cl)ccc1O)c1cc(Br)ccc1O. The Labute approximate surface area is 140 Å². The predicted molar refractivity (Wildman–Crippen MR) is 88.6 cm³/mol. The third-order valence-electron chi connectivity index (χ3n) is 2.88. The van der Waals surface area contributed by atoms with Crippen LogP contribution in [0.4, 0.5) is 0 Å². The van der Waals surface area contributed by atoms with Crippen LogP contribution in [0.2, 0.25) is 5.02 Å². The Morgan fingerprint density at radius 3 is 2.50 bits per heavy atom. The zero-order valence-corrected chi connectivity index (χ0v) is 13.8. The molecule has 0 spiro atoms. The lowest BCUT2D eigenvalue weighted by Crippen LogP contribution is -2.19. The van der Waals surface area contributed by atoms with Gasteiger partial charge in [-0.2, -0.15) is 5.10 Å². The molecule has 0 fully saturated rings. The third-order valence-corrected chi connectivity index (χ3v) is 3.61. The van der Waals surface area contributed by atoms with Gasteiger partial charge in [0.25, 0.3) is 5.91 Å². The summed E-state index contributed by atoms with van der Waals surface area (Å²) in [6, 6.07) is 9.03. The molecule has 2 rings (SSSR count). The van der Waals surface area contributed by atoms with Gasteiger partial charge in [0, 0.05) is 15.1 Å². The van der Waals surface area contributed by atoms with E-state index in [9.17, 15) is 15.0 Å². The van der Waals surface area contributed by atoms with Crippen molar-refractivity contribution in [3.63, 3.8) is 0 Å². The molecule has 0 heterocycles. The van der Waals surface area contributed by atoms with Gasteiger partial charge in [-0.25, -0.2) is 5.43 Å². The third kappa shape index (κ3) is 3.78. The molecular formula is C15H12BrClN2O3. The first-order valence-electron chi connectivity index (χ1n) is 6.20. The zero-order chi connectivity index (χ0) is 16.3. The highest BCUT2D eigenvalue weighted by Crippen LogP contribution is 2.23. The van der Waals surface area contributed by atoms with Crippen LogP contribution in [0, 0.1) is 0 Å². The summed E-state index contributed by atoms with van der Waals surface area (Å²) in [5, 5.41) is 23.7. The molecule has 2 aromatic rings. The van der Waals surface area contributed by atoms with Crippen LogP contribution < -0.4 is 5.43 Å². The van der Waals surface area contributed by atoms with E-state index < -0.39 is 5.91 Å². The minimum absolute atomic E-state index is 0.0162. The van der Waals surface area contributed by atoms with Gasteiger partial charge in [0.15, 0.2) is 0 Å². The number of benzene rings is 2. The normalized spacial score (nSPS) is 11.3. The Hall–Kier alpha value is -2.05. The fourth-order valence-corrected chi connectivity index (χ4v) is 2.28. The molecule has 0 aliphatic heterocycles. The van der Waals surface area contributed by atoms with Crippen LogP contribution in [0.1, 0.15) is 22.8 Å². The maximum absolute atomic E-state index is 12.0. The minimum Gasteiger partial charge on any atom is -0.507 e. The number of amides is 1. The second-order valence-electron chi connectivity index (χ2n) is 4.46. The fraction of sp³-hybridized carbons (Fsp3) is 0.0667. The summed E-state index contributed by atoms with van der Waals surface area (Å²) >= 11 is 9.09. The standard InChI is InChI=1S/C15H12BrClN2O3/c1-8(11-6-9(16)2-4-13(11)20)18-19-15(22)12-7-10(17)3-5-14(12)21/h2-7,20-21H,1H3,(H,19,22)/b18-8+. The number of carbonyl (C=O) groups is 1. The number of halogens is 2. The van der Waals surface area contributed by atoms with Crippen molar-refractivity contribution >= 4 is 39.1 Å². The summed E-state index contributed by atoms with van der Waals surface area (Å²) in [4.78, 5) is 12.0. The van der Waals surface area contributed by atoms with Crippen LogP contribution in [0.5, 0.6) is 11.5 Å². The highest BCUT2D eigenvalue weighted by molar-refractivity contribution is 9.10. The molecule has 0 aliphatic rings. The van der Waals surface area contributed by atoms with E-state index in [1.54, 1.807) is 19.1 Å². The van der Waals surface area contributed by atoms with E-state index >= 15 is 0 Å². The Balaban J connectivity index is 2.22. The minimum atomic E-state index is -0.603. The van der Waals surface area contributed by atoms with Crippen LogP contribution >= 0.6 is 27.5 Å². The lowest BCUT2D eigenvalue weighted by molar-refractivity contribution is 0.0952. The lowest BCUT2D eigenvalue weighted by atomic mass is 10.1. The molecule has 0 unspecified atom stereocenters. The summed E-state index contributed by atoms with van der Waals surface area (Å²) < 4.78 is 0.772. The maximum Gasteiger partial charge on any atom is 0.275 e. The maximum atomic E-state index is 12.0. The van der Waals surface area contributed by atoms with Gasteiger partial charge in [-0.3, -0.25) is 4.79 Å². The summed E-state index contributed by atoms with van der Waals surface area (Å²) in [5.41, 5.74) is 3.22. The quantitative estimate of drug-likeness (QED) is 0.559. The molecule has 3 N–H and O–H groups in total. The van der Waals surface area contributed by atoms with Gasteiger partial charge in [0.1, 0.15) is 11.5 Å². The number of carbonyl (C=O) groups excluding carboxylic acids is 1. The lowest BCUT2D eigenvalue weighted by Gasteiger charge is -2.07. The van der Waals surface area contributed by atoms with E-state index in [0.29, 0.717) is 16.3 Å². The van der Waals surface area contributed by atoms with Gasteiger partial charge in [-0.1, -0.05) is 27.5 Å². The van der Waals surface area contributed by atoms with Crippen molar-refractivity contribution in [3.8, 4) is 11.5 Å². The van der Waals surface area contributed by atoms with E-state index in [1.165, 1.54) is 24.3 Å². The second kappa shape index (κ2) is 6.81. The summed E-state index contributed by atoms with van der Waals surface area (Å²) in [6.45, 7) is 1.64. The van der Waals surface area contributed by atoms with Crippen molar-refractivity contribution in [3.05, 3.63) is 57.0 Å². The fourth-order valence-electron chi connectivity index (χ4n) is 1.74. The highest BCUT2D eigenvalue weighted by atomic mass is 79.9. The molecule has 0 saturated heterocycles. The number of hydrogen-bond donors (Lipinski definition) is 3. The molecular weight excluding hydrogens is 372 g/mol. The summed E-state index contributed by atoms with van der Waals surface area (Å²) in [5.74, 6) is -0.752. The zero-order valence-electron chi connectivity index (χ0n) is 11.5. The molecule has 0 aromatic heterocycles. The first-order chi connectivity index (χ1) is 10.4. The van der Waals surface area contributed by atoms with Crippen LogP contribution in [-0.4, -0.2) is 21.8 Å². The highest BCUT2D eigenvalue weighted by Gasteiger charge is 2.12. The number of hydrazone groups is 1. The number of nitrogens with zero attached hydrogens (tertiary/aromatic N) is 1. The Morgan fingerprint density at radius 2 is 1.77 bits per heavy atom. The van der Waals surface area contributed by atoms with E-state index in [1.807, 2.05) is 0 Å². The molecule has 0 atom stereocenters. The van der Waals surface area contributed by atoms with E-state index in [4.69, 9.17) is 11.6 Å². The van der Waals surface area contributed by atoms with Crippen molar-refractivity contribution in [1.82, 2.24) is 5.43 Å². The van der Waals surface area contributed by atoms with E-state index in [-0.39, 0.29) is 17.1 Å². The Kier molecular flexibility index (Phi) is 5.05. The molecule has 1 amide bonds. The number of phenolic OH excluding ortho intramolecular Hbond substituents is 2. The van der Waals surface area contributed by atoms with Crippen LogP contribution in [0.15, 0.2) is 46.0 Å². The predicted octanol–water partition coefficient (Wildman–Crippen LogP) is 3.67. The van der Waals surface area contributed by atoms with Crippen molar-refractivity contribution in [2.24, 2.45) is 5.10 Å². The molecule has 0 radical (unpaired) electrons. The van der Waals surface area contributed by atoms with Crippen LogP contribution in [-0.2, 0) is 0 Å². The van der Waals surface area contributed by atoms with Gasteiger partial charge in [0.05, 0.1) is 11.3 Å². The number of phenols is 2. The largest absolute Gasteiger partial charge is 0.507 e. The average Bonchev–Trinajstić information content (AvgIpc) is 2.49. The molecule has 22 heavy (non-hydrogen) atoms. The molecule has 114 valence electrons. The van der Waals surface area contributed by atoms with Crippen LogP contribution in [0.3, 0.4) is 0 Å². The molecule has 2 aromatic carbocycles. The average molecular weight is 384 g/mol.